The summed E-state index contributed by atoms with van der Waals surface area (Å²) in [6.07, 6.45) is -0.533. The van der Waals surface area contributed by atoms with E-state index in [0.29, 0.717) is 16.1 Å². The van der Waals surface area contributed by atoms with Crippen LogP contribution in [0.2, 0.25) is 5.02 Å². The molecule has 1 aliphatic heterocycles. The van der Waals surface area contributed by atoms with Gasteiger partial charge in [0.05, 0.1) is 4.90 Å². The average Bonchev–Trinajstić information content (AvgIpc) is 2.84. The van der Waals surface area contributed by atoms with Gasteiger partial charge in [0.15, 0.2) is 0 Å². The fraction of sp³-hybridized carbons (Fsp3) is 0.176. The normalized spacial score (nSPS) is 17.6. The molecule has 1 heterocycles. The number of nitrogens with zero attached hydrogens (tertiary/aromatic N) is 1. The summed E-state index contributed by atoms with van der Waals surface area (Å²) in [6.45, 7) is 1.40. The first-order chi connectivity index (χ1) is 11.9. The minimum Gasteiger partial charge on any atom is -0.456 e. The number of rotatable bonds is 4. The van der Waals surface area contributed by atoms with Gasteiger partial charge in [0.25, 0.3) is 10.0 Å². The van der Waals surface area contributed by atoms with Crippen LogP contribution in [0.5, 0.6) is 0 Å². The van der Waals surface area contributed by atoms with E-state index in [-0.39, 0.29) is 17.3 Å². The molecule has 2 aromatic carbocycles. The summed E-state index contributed by atoms with van der Waals surface area (Å²) in [7, 11) is -3.62. The molecule has 0 fully saturated rings. The van der Waals surface area contributed by atoms with Gasteiger partial charge in [-0.05, 0) is 25.1 Å². The number of esters is 1. The largest absolute Gasteiger partial charge is 0.456 e. The smallest absolute Gasteiger partial charge is 0.328 e. The van der Waals surface area contributed by atoms with Gasteiger partial charge in [-0.2, -0.15) is 0 Å². The Morgan fingerprint density at radius 1 is 1.20 bits per heavy atom. The first-order valence-electron chi connectivity index (χ1n) is 7.49. The average molecular weight is 379 g/mol. The summed E-state index contributed by atoms with van der Waals surface area (Å²) in [6, 6.07) is 13.5. The molecule has 6 nitrogen and oxygen atoms in total. The molecule has 3 rings (SSSR count). The van der Waals surface area contributed by atoms with E-state index in [1.165, 1.54) is 6.07 Å². The maximum absolute atomic E-state index is 12.0. The molecular formula is C17H15ClN2O4S. The van der Waals surface area contributed by atoms with E-state index >= 15 is 0 Å². The van der Waals surface area contributed by atoms with Crippen LogP contribution in [0.25, 0.3) is 0 Å². The third kappa shape index (κ3) is 3.67. The Bertz CT molecular complexity index is 957. The molecule has 0 spiro atoms. The molecule has 0 saturated heterocycles. The van der Waals surface area contributed by atoms with Crippen molar-refractivity contribution in [3.63, 3.8) is 0 Å². The van der Waals surface area contributed by atoms with Crippen LogP contribution in [0.1, 0.15) is 24.2 Å². The van der Waals surface area contributed by atoms with Crippen LogP contribution in [0.15, 0.2) is 58.4 Å². The molecule has 2 aromatic rings. The van der Waals surface area contributed by atoms with Gasteiger partial charge in [-0.3, -0.25) is 14.5 Å². The highest BCUT2D eigenvalue weighted by Gasteiger charge is 2.30. The number of carbonyl (C=O) groups excluding carboxylic acids is 1. The van der Waals surface area contributed by atoms with Gasteiger partial charge in [0.2, 0.25) is 0 Å². The predicted molar refractivity (Wildman–Crippen MR) is 94.1 cm³/mol. The lowest BCUT2D eigenvalue weighted by Gasteiger charge is -2.14. The molecule has 130 valence electrons. The zero-order valence-electron chi connectivity index (χ0n) is 13.3. The monoisotopic (exact) mass is 378 g/mol. The van der Waals surface area contributed by atoms with E-state index in [1.807, 2.05) is 0 Å². The molecule has 1 aliphatic rings. The number of ether oxygens (including phenoxy) is 1. The van der Waals surface area contributed by atoms with E-state index in [2.05, 4.69) is 9.71 Å². The second-order valence-electron chi connectivity index (χ2n) is 5.42. The number of benzene rings is 2. The van der Waals surface area contributed by atoms with Crippen molar-refractivity contribution in [3.8, 4) is 0 Å². The van der Waals surface area contributed by atoms with Gasteiger partial charge < -0.3 is 4.74 Å². The Balaban J connectivity index is 1.71. The zero-order valence-corrected chi connectivity index (χ0v) is 14.8. The van der Waals surface area contributed by atoms with E-state index in [1.54, 1.807) is 49.4 Å². The van der Waals surface area contributed by atoms with E-state index in [0.717, 1.165) is 0 Å². The van der Waals surface area contributed by atoms with Crippen LogP contribution in [0.3, 0.4) is 0 Å². The maximum atomic E-state index is 12.0. The Morgan fingerprint density at radius 2 is 1.88 bits per heavy atom. The lowest BCUT2D eigenvalue weighted by molar-refractivity contribution is -0.146. The summed E-state index contributed by atoms with van der Waals surface area (Å²) < 4.78 is 31.6. The molecule has 0 aliphatic carbocycles. The van der Waals surface area contributed by atoms with E-state index in [9.17, 15) is 13.2 Å². The van der Waals surface area contributed by atoms with Crippen LogP contribution in [0, 0.1) is 0 Å². The van der Waals surface area contributed by atoms with Gasteiger partial charge in [-0.25, -0.2) is 8.42 Å². The van der Waals surface area contributed by atoms with E-state index < -0.39 is 22.1 Å². The van der Waals surface area contributed by atoms with Crippen LogP contribution < -0.4 is 4.72 Å². The number of nitrogens with one attached hydrogen (secondary N) is 1. The standard InChI is InChI=1S/C17H15ClN2O4S/c1-11(12-6-2-4-8-14(12)18)24-16(21)10-19-17-13-7-3-5-9-15(13)25(22,23)20-17/h2-9,11H,10H2,1H3,(H,19,20)/t11-/m0/s1. The number of aliphatic imine (C=N–C) groups is 1. The first-order valence-corrected chi connectivity index (χ1v) is 9.35. The van der Waals surface area contributed by atoms with Crippen molar-refractivity contribution in [1.29, 1.82) is 0 Å². The number of fused-ring (bicyclic) bond motifs is 1. The summed E-state index contributed by atoms with van der Waals surface area (Å²) in [4.78, 5) is 16.2. The van der Waals surface area contributed by atoms with Crippen molar-refractivity contribution in [2.75, 3.05) is 6.54 Å². The Kier molecular flexibility index (Phi) is 4.78. The summed E-state index contributed by atoms with van der Waals surface area (Å²) >= 11 is 6.08. The number of hydrogen-bond acceptors (Lipinski definition) is 5. The van der Waals surface area contributed by atoms with E-state index in [4.69, 9.17) is 16.3 Å². The van der Waals surface area contributed by atoms with Crippen molar-refractivity contribution >= 4 is 33.4 Å². The predicted octanol–water partition coefficient (Wildman–Crippen LogP) is 2.68. The zero-order chi connectivity index (χ0) is 18.0. The molecule has 0 radical (unpaired) electrons. The topological polar surface area (TPSA) is 84.8 Å². The van der Waals surface area contributed by atoms with Crippen LogP contribution in [0.4, 0.5) is 0 Å². The van der Waals surface area contributed by atoms with Crippen molar-refractivity contribution in [1.82, 2.24) is 4.72 Å². The number of sulfonamides is 1. The van der Waals surface area contributed by atoms with Gasteiger partial charge in [0.1, 0.15) is 18.5 Å². The van der Waals surface area contributed by atoms with Gasteiger partial charge in [0, 0.05) is 16.1 Å². The third-order valence-corrected chi connectivity index (χ3v) is 5.42. The molecule has 0 saturated carbocycles. The number of hydrogen-bond donors (Lipinski definition) is 1. The summed E-state index contributed by atoms with van der Waals surface area (Å²) in [5.41, 5.74) is 1.13. The van der Waals surface area contributed by atoms with Crippen LogP contribution >= 0.6 is 11.6 Å². The van der Waals surface area contributed by atoms with Crippen LogP contribution in [-0.4, -0.2) is 26.8 Å². The molecular weight excluding hydrogens is 364 g/mol. The molecule has 25 heavy (non-hydrogen) atoms. The number of halogens is 1. The molecule has 8 heteroatoms. The highest BCUT2D eigenvalue weighted by atomic mass is 35.5. The fourth-order valence-electron chi connectivity index (χ4n) is 2.50. The van der Waals surface area contributed by atoms with Crippen molar-refractivity contribution in [3.05, 3.63) is 64.7 Å². The van der Waals surface area contributed by atoms with Crippen molar-refractivity contribution < 1.29 is 17.9 Å². The Hall–Kier alpha value is -2.38. The molecule has 0 amide bonds. The molecule has 1 N–H and O–H groups in total. The third-order valence-electron chi connectivity index (χ3n) is 3.68. The highest BCUT2D eigenvalue weighted by Crippen LogP contribution is 2.25. The van der Waals surface area contributed by atoms with Crippen molar-refractivity contribution in [2.24, 2.45) is 4.99 Å². The molecule has 0 aromatic heterocycles. The van der Waals surface area contributed by atoms with Crippen molar-refractivity contribution in [2.45, 2.75) is 17.9 Å². The molecule has 0 bridgehead atoms. The summed E-state index contributed by atoms with van der Waals surface area (Å²) in [5, 5.41) is 0.506. The lowest BCUT2D eigenvalue weighted by atomic mass is 10.1. The number of carbonyl (C=O) groups is 1. The Labute approximate surface area is 150 Å². The minimum absolute atomic E-state index is 0.137. The second kappa shape index (κ2) is 6.85. The Morgan fingerprint density at radius 3 is 2.64 bits per heavy atom. The van der Waals surface area contributed by atoms with Gasteiger partial charge >= 0.3 is 5.97 Å². The quantitative estimate of drug-likeness (QED) is 0.829. The van der Waals surface area contributed by atoms with Gasteiger partial charge in [-0.1, -0.05) is 41.9 Å². The summed E-state index contributed by atoms with van der Waals surface area (Å²) in [5.74, 6) is -0.443. The fourth-order valence-corrected chi connectivity index (χ4v) is 4.04. The second-order valence-corrected chi connectivity index (χ2v) is 7.48. The minimum atomic E-state index is -3.62. The highest BCUT2D eigenvalue weighted by molar-refractivity contribution is 7.90. The van der Waals surface area contributed by atoms with Crippen LogP contribution in [-0.2, 0) is 19.6 Å². The number of amidine groups is 1. The molecule has 0 unspecified atom stereocenters. The SMILES string of the molecule is C[C@H](OC(=O)CN=C1NS(=O)(=O)c2ccccc21)c1ccccc1Cl. The maximum Gasteiger partial charge on any atom is 0.328 e. The van der Waals surface area contributed by atoms with Gasteiger partial charge in [-0.15, -0.1) is 0 Å². The lowest BCUT2D eigenvalue weighted by Crippen LogP contribution is -2.23. The first kappa shape index (κ1) is 17.4. The molecule has 1 atom stereocenters.